The Bertz CT molecular complexity index is 439. The van der Waals surface area contributed by atoms with Gasteiger partial charge in [0.2, 0.25) is 0 Å². The first-order valence-corrected chi connectivity index (χ1v) is 5.41. The number of allylic oxidation sites excluding steroid dienone is 1. The van der Waals surface area contributed by atoms with E-state index in [1.165, 1.54) is 4.90 Å². The molecule has 6 nitrogen and oxygen atoms in total. The first-order chi connectivity index (χ1) is 8.22. The van der Waals surface area contributed by atoms with Crippen molar-refractivity contribution < 1.29 is 19.2 Å². The molecule has 0 aliphatic carbocycles. The fraction of sp³-hybridized carbons (Fsp3) is 0.455. The lowest BCUT2D eigenvalue weighted by atomic mass is 10.1. The Labute approximate surface area is 98.4 Å². The summed E-state index contributed by atoms with van der Waals surface area (Å²) in [6.45, 7) is 3.02. The maximum atomic E-state index is 10.9. The Morgan fingerprint density at radius 3 is 3.24 bits per heavy atom. The molecule has 0 unspecified atom stereocenters. The third-order valence-corrected chi connectivity index (χ3v) is 2.61. The summed E-state index contributed by atoms with van der Waals surface area (Å²) in [5.74, 6) is 1.11. The van der Waals surface area contributed by atoms with Gasteiger partial charge in [0, 0.05) is 13.0 Å². The summed E-state index contributed by atoms with van der Waals surface area (Å²) in [5, 5.41) is 12.7. The fourth-order valence-corrected chi connectivity index (χ4v) is 1.68. The molecule has 0 spiro atoms. The number of aromatic nitrogens is 1. The van der Waals surface area contributed by atoms with E-state index in [9.17, 15) is 4.79 Å². The van der Waals surface area contributed by atoms with E-state index in [0.29, 0.717) is 25.5 Å². The van der Waals surface area contributed by atoms with E-state index in [1.807, 2.05) is 19.1 Å². The number of carboxylic acid groups (broad SMARTS) is 1. The lowest BCUT2D eigenvalue weighted by Crippen LogP contribution is -2.34. The van der Waals surface area contributed by atoms with Gasteiger partial charge in [-0.2, -0.15) is 0 Å². The average Bonchev–Trinajstić information content (AvgIpc) is 2.72. The van der Waals surface area contributed by atoms with Crippen molar-refractivity contribution in [2.75, 3.05) is 13.2 Å². The molecule has 17 heavy (non-hydrogen) atoms. The predicted molar refractivity (Wildman–Crippen MR) is 59.0 cm³/mol. The van der Waals surface area contributed by atoms with Gasteiger partial charge in [0.15, 0.2) is 0 Å². The first kappa shape index (κ1) is 11.5. The van der Waals surface area contributed by atoms with Gasteiger partial charge in [0.05, 0.1) is 12.1 Å². The van der Waals surface area contributed by atoms with Crippen LogP contribution in [0, 0.1) is 0 Å². The molecule has 2 rings (SSSR count). The zero-order chi connectivity index (χ0) is 12.3. The SMILES string of the molecule is CC=CCOc1noc2c1CN(C(=O)O)CC2. The number of hydrogen-bond acceptors (Lipinski definition) is 4. The second-order valence-electron chi connectivity index (χ2n) is 3.72. The number of fused-ring (bicyclic) bond motifs is 1. The van der Waals surface area contributed by atoms with Gasteiger partial charge >= 0.3 is 6.09 Å². The average molecular weight is 238 g/mol. The van der Waals surface area contributed by atoms with Crippen LogP contribution in [-0.2, 0) is 13.0 Å². The molecule has 0 saturated heterocycles. The molecule has 1 aliphatic heterocycles. The molecule has 0 aromatic carbocycles. The molecule has 1 N–H and O–H groups in total. The minimum Gasteiger partial charge on any atom is -0.471 e. The van der Waals surface area contributed by atoms with Crippen molar-refractivity contribution in [3.8, 4) is 5.88 Å². The minimum absolute atomic E-state index is 0.277. The van der Waals surface area contributed by atoms with Crippen LogP contribution >= 0.6 is 0 Å². The lowest BCUT2D eigenvalue weighted by molar-refractivity contribution is 0.137. The summed E-state index contributed by atoms with van der Waals surface area (Å²) in [4.78, 5) is 12.2. The Balaban J connectivity index is 2.11. The molecule has 0 radical (unpaired) electrons. The Kier molecular flexibility index (Phi) is 3.32. The van der Waals surface area contributed by atoms with E-state index in [1.54, 1.807) is 0 Å². The summed E-state index contributed by atoms with van der Waals surface area (Å²) in [7, 11) is 0. The van der Waals surface area contributed by atoms with Crippen LogP contribution < -0.4 is 4.74 Å². The number of hydrogen-bond donors (Lipinski definition) is 1. The van der Waals surface area contributed by atoms with Gasteiger partial charge in [-0.15, -0.1) is 0 Å². The van der Waals surface area contributed by atoms with Crippen molar-refractivity contribution in [3.63, 3.8) is 0 Å². The van der Waals surface area contributed by atoms with Crippen molar-refractivity contribution >= 4 is 6.09 Å². The highest BCUT2D eigenvalue weighted by atomic mass is 16.5. The largest absolute Gasteiger partial charge is 0.471 e. The highest BCUT2D eigenvalue weighted by molar-refractivity contribution is 5.65. The Morgan fingerprint density at radius 1 is 1.71 bits per heavy atom. The van der Waals surface area contributed by atoms with E-state index >= 15 is 0 Å². The van der Waals surface area contributed by atoms with Crippen LogP contribution in [0.4, 0.5) is 4.79 Å². The van der Waals surface area contributed by atoms with Gasteiger partial charge in [-0.25, -0.2) is 4.79 Å². The summed E-state index contributed by atoms with van der Waals surface area (Å²) >= 11 is 0. The molecule has 0 bridgehead atoms. The van der Waals surface area contributed by atoms with E-state index in [4.69, 9.17) is 14.4 Å². The topological polar surface area (TPSA) is 75.8 Å². The van der Waals surface area contributed by atoms with Crippen LogP contribution in [0.5, 0.6) is 5.88 Å². The zero-order valence-electron chi connectivity index (χ0n) is 9.55. The molecule has 6 heteroatoms. The van der Waals surface area contributed by atoms with Crippen molar-refractivity contribution in [1.82, 2.24) is 10.1 Å². The van der Waals surface area contributed by atoms with Crippen LogP contribution in [0.1, 0.15) is 18.2 Å². The monoisotopic (exact) mass is 238 g/mol. The molecular weight excluding hydrogens is 224 g/mol. The second-order valence-corrected chi connectivity index (χ2v) is 3.72. The molecule has 1 aliphatic rings. The second kappa shape index (κ2) is 4.90. The normalized spacial score (nSPS) is 15.0. The predicted octanol–water partition coefficient (Wildman–Crippen LogP) is 1.67. The van der Waals surface area contributed by atoms with Crippen molar-refractivity contribution in [3.05, 3.63) is 23.5 Å². The van der Waals surface area contributed by atoms with Crippen LogP contribution in [0.25, 0.3) is 0 Å². The van der Waals surface area contributed by atoms with Gasteiger partial charge in [-0.05, 0) is 12.1 Å². The molecule has 92 valence electrons. The van der Waals surface area contributed by atoms with Gasteiger partial charge in [-0.1, -0.05) is 12.2 Å². The Hall–Kier alpha value is -1.98. The number of carbonyl (C=O) groups is 1. The van der Waals surface area contributed by atoms with E-state index in [-0.39, 0.29) is 6.54 Å². The first-order valence-electron chi connectivity index (χ1n) is 5.41. The Morgan fingerprint density at radius 2 is 2.53 bits per heavy atom. The molecule has 2 heterocycles. The third-order valence-electron chi connectivity index (χ3n) is 2.61. The molecule has 1 aromatic rings. The van der Waals surface area contributed by atoms with E-state index in [2.05, 4.69) is 5.16 Å². The summed E-state index contributed by atoms with van der Waals surface area (Å²) in [6.07, 6.45) is 3.33. The van der Waals surface area contributed by atoms with E-state index in [0.717, 1.165) is 11.3 Å². The highest BCUT2D eigenvalue weighted by Crippen LogP contribution is 2.27. The lowest BCUT2D eigenvalue weighted by Gasteiger charge is -2.22. The third kappa shape index (κ3) is 2.41. The maximum Gasteiger partial charge on any atom is 0.407 e. The summed E-state index contributed by atoms with van der Waals surface area (Å²) in [5.41, 5.74) is 0.739. The van der Waals surface area contributed by atoms with E-state index < -0.39 is 6.09 Å². The van der Waals surface area contributed by atoms with Gasteiger partial charge in [0.25, 0.3) is 5.88 Å². The summed E-state index contributed by atoms with van der Waals surface area (Å²) in [6, 6.07) is 0. The molecule has 1 amide bonds. The van der Waals surface area contributed by atoms with Crippen LogP contribution in [0.15, 0.2) is 16.7 Å². The molecule has 0 atom stereocenters. The molecular formula is C11H14N2O4. The maximum absolute atomic E-state index is 10.9. The van der Waals surface area contributed by atoms with Crippen molar-refractivity contribution in [2.24, 2.45) is 0 Å². The highest BCUT2D eigenvalue weighted by Gasteiger charge is 2.27. The summed E-state index contributed by atoms with van der Waals surface area (Å²) < 4.78 is 10.5. The number of amides is 1. The smallest absolute Gasteiger partial charge is 0.407 e. The molecule has 0 fully saturated rings. The quantitative estimate of drug-likeness (QED) is 0.810. The van der Waals surface area contributed by atoms with Crippen LogP contribution in [0.2, 0.25) is 0 Å². The minimum atomic E-state index is -0.934. The van der Waals surface area contributed by atoms with Crippen molar-refractivity contribution in [2.45, 2.75) is 19.9 Å². The standard InChI is InChI=1S/C11H14N2O4/c1-2-3-6-16-10-8-7-13(11(14)15)5-4-9(8)17-12-10/h2-3H,4-7H2,1H3,(H,14,15). The van der Waals surface area contributed by atoms with Gasteiger partial charge in [-0.3, -0.25) is 0 Å². The number of ether oxygens (including phenoxy) is 1. The zero-order valence-corrected chi connectivity index (χ0v) is 9.55. The van der Waals surface area contributed by atoms with Crippen molar-refractivity contribution in [1.29, 1.82) is 0 Å². The number of nitrogens with zero attached hydrogens (tertiary/aromatic N) is 2. The van der Waals surface area contributed by atoms with Gasteiger partial charge < -0.3 is 19.3 Å². The number of rotatable bonds is 3. The van der Waals surface area contributed by atoms with Crippen LogP contribution in [-0.4, -0.2) is 34.4 Å². The van der Waals surface area contributed by atoms with Gasteiger partial charge in [0.1, 0.15) is 12.4 Å². The molecule has 0 saturated carbocycles. The fourth-order valence-electron chi connectivity index (χ4n) is 1.68. The molecule has 1 aromatic heterocycles. The van der Waals surface area contributed by atoms with Crippen LogP contribution in [0.3, 0.4) is 0 Å².